The molecule has 0 aliphatic rings. The highest BCUT2D eigenvalue weighted by molar-refractivity contribution is 9.11. The van der Waals surface area contributed by atoms with E-state index in [4.69, 9.17) is 0 Å². The third-order valence-corrected chi connectivity index (χ3v) is 3.22. The largest absolute Gasteiger partial charge is 0.374 e. The molecule has 2 N–H and O–H groups in total. The van der Waals surface area contributed by atoms with Crippen LogP contribution in [-0.4, -0.2) is 18.0 Å². The number of benzene rings is 1. The van der Waals surface area contributed by atoms with Crippen molar-refractivity contribution in [1.82, 2.24) is 5.32 Å². The molecule has 94 valence electrons. The zero-order valence-electron chi connectivity index (χ0n) is 10.1. The quantitative estimate of drug-likeness (QED) is 0.862. The molecule has 0 saturated carbocycles. The number of nitrogens with one attached hydrogen (secondary N) is 2. The van der Waals surface area contributed by atoms with Gasteiger partial charge in [-0.3, -0.25) is 4.79 Å². The minimum atomic E-state index is -0.204. The predicted molar refractivity (Wildman–Crippen MR) is 78.2 cm³/mol. The Bertz CT molecular complexity index is 393. The normalized spacial score (nSPS) is 11.1. The van der Waals surface area contributed by atoms with Crippen LogP contribution < -0.4 is 10.6 Å². The second kappa shape index (κ2) is 5.87. The molecule has 1 aromatic rings. The van der Waals surface area contributed by atoms with Crippen molar-refractivity contribution in [3.63, 3.8) is 0 Å². The van der Waals surface area contributed by atoms with Gasteiger partial charge in [0.2, 0.25) is 5.91 Å². The highest BCUT2D eigenvalue weighted by Crippen LogP contribution is 2.30. The monoisotopic (exact) mass is 362 g/mol. The molecule has 0 bridgehead atoms. The average Bonchev–Trinajstić information content (AvgIpc) is 2.14. The maximum absolute atomic E-state index is 11.7. The van der Waals surface area contributed by atoms with Crippen molar-refractivity contribution in [2.75, 3.05) is 11.9 Å². The second-order valence-corrected chi connectivity index (χ2v) is 6.46. The van der Waals surface area contributed by atoms with E-state index in [1.807, 2.05) is 39.0 Å². The first-order chi connectivity index (χ1) is 7.79. The number of para-hydroxylation sites is 1. The number of carbonyl (C=O) groups is 1. The average molecular weight is 364 g/mol. The summed E-state index contributed by atoms with van der Waals surface area (Å²) in [7, 11) is 0. The van der Waals surface area contributed by atoms with Crippen molar-refractivity contribution >= 4 is 43.5 Å². The molecule has 0 fully saturated rings. The predicted octanol–water partition coefficient (Wildman–Crippen LogP) is 3.54. The lowest BCUT2D eigenvalue weighted by Crippen LogP contribution is -2.43. The van der Waals surface area contributed by atoms with E-state index in [1.165, 1.54) is 0 Å². The van der Waals surface area contributed by atoms with Crippen molar-refractivity contribution in [3.8, 4) is 0 Å². The van der Waals surface area contributed by atoms with Crippen LogP contribution in [-0.2, 0) is 4.79 Å². The van der Waals surface area contributed by atoms with Gasteiger partial charge in [-0.1, -0.05) is 6.07 Å². The molecule has 1 rings (SSSR count). The molecule has 0 spiro atoms. The van der Waals surface area contributed by atoms with E-state index in [1.54, 1.807) is 0 Å². The van der Waals surface area contributed by atoms with Gasteiger partial charge in [0.05, 0.1) is 12.2 Å². The molecule has 5 heteroatoms. The van der Waals surface area contributed by atoms with Crippen molar-refractivity contribution in [3.05, 3.63) is 27.1 Å². The molecule has 0 atom stereocenters. The molecule has 0 heterocycles. The molecule has 0 radical (unpaired) electrons. The smallest absolute Gasteiger partial charge is 0.239 e. The van der Waals surface area contributed by atoms with E-state index >= 15 is 0 Å². The maximum atomic E-state index is 11.7. The molecule has 0 unspecified atom stereocenters. The van der Waals surface area contributed by atoms with Gasteiger partial charge in [-0.15, -0.1) is 0 Å². The summed E-state index contributed by atoms with van der Waals surface area (Å²) in [5, 5.41) is 5.99. The van der Waals surface area contributed by atoms with E-state index in [0.29, 0.717) is 0 Å². The molecule has 0 aliphatic heterocycles. The van der Waals surface area contributed by atoms with E-state index < -0.39 is 0 Å². The van der Waals surface area contributed by atoms with Crippen LogP contribution >= 0.6 is 31.9 Å². The SMILES string of the molecule is CC(C)(C)NC(=O)CNc1c(Br)cccc1Br. The van der Waals surface area contributed by atoms with Crippen LogP contribution in [0.1, 0.15) is 20.8 Å². The summed E-state index contributed by atoms with van der Waals surface area (Å²) in [6, 6.07) is 5.78. The van der Waals surface area contributed by atoms with Crippen molar-refractivity contribution in [2.24, 2.45) is 0 Å². The summed E-state index contributed by atoms with van der Waals surface area (Å²) >= 11 is 6.87. The number of halogens is 2. The Labute approximate surface area is 119 Å². The number of hydrogen-bond donors (Lipinski definition) is 2. The highest BCUT2D eigenvalue weighted by Gasteiger charge is 2.14. The Balaban J connectivity index is 2.59. The zero-order valence-corrected chi connectivity index (χ0v) is 13.3. The van der Waals surface area contributed by atoms with Gasteiger partial charge in [0.25, 0.3) is 0 Å². The fourth-order valence-corrected chi connectivity index (χ4v) is 2.58. The van der Waals surface area contributed by atoms with Crippen molar-refractivity contribution in [1.29, 1.82) is 0 Å². The van der Waals surface area contributed by atoms with Gasteiger partial charge in [-0.2, -0.15) is 0 Å². The molecule has 1 amide bonds. The lowest BCUT2D eigenvalue weighted by atomic mass is 10.1. The highest BCUT2D eigenvalue weighted by atomic mass is 79.9. The number of amides is 1. The van der Waals surface area contributed by atoms with Crippen molar-refractivity contribution in [2.45, 2.75) is 26.3 Å². The number of hydrogen-bond acceptors (Lipinski definition) is 2. The number of rotatable bonds is 3. The van der Waals surface area contributed by atoms with E-state index in [2.05, 4.69) is 42.5 Å². The van der Waals surface area contributed by atoms with Crippen LogP contribution in [0.2, 0.25) is 0 Å². The van der Waals surface area contributed by atoms with Gasteiger partial charge in [-0.25, -0.2) is 0 Å². The summed E-state index contributed by atoms with van der Waals surface area (Å²) in [6.45, 7) is 6.12. The maximum Gasteiger partial charge on any atom is 0.239 e. The zero-order chi connectivity index (χ0) is 13.1. The van der Waals surface area contributed by atoms with Crippen LogP contribution in [0.4, 0.5) is 5.69 Å². The molecule has 3 nitrogen and oxygen atoms in total. The summed E-state index contributed by atoms with van der Waals surface area (Å²) in [5.41, 5.74) is 0.681. The van der Waals surface area contributed by atoms with Crippen molar-refractivity contribution < 1.29 is 4.79 Å². The van der Waals surface area contributed by atoms with E-state index in [0.717, 1.165) is 14.6 Å². The standard InChI is InChI=1S/C12H16Br2N2O/c1-12(2,3)16-10(17)7-15-11-8(13)5-4-6-9(11)14/h4-6,15H,7H2,1-3H3,(H,16,17). The lowest BCUT2D eigenvalue weighted by molar-refractivity contribution is -0.120. The van der Waals surface area contributed by atoms with Crippen LogP contribution in [0, 0.1) is 0 Å². The summed E-state index contributed by atoms with van der Waals surface area (Å²) in [6.07, 6.45) is 0. The Morgan fingerprint density at radius 3 is 2.24 bits per heavy atom. The van der Waals surface area contributed by atoms with Gasteiger partial charge < -0.3 is 10.6 Å². The molecule has 17 heavy (non-hydrogen) atoms. The summed E-state index contributed by atoms with van der Waals surface area (Å²) in [5.74, 6) is -0.0276. The molecule has 0 saturated heterocycles. The first-order valence-electron chi connectivity index (χ1n) is 5.28. The van der Waals surface area contributed by atoms with Gasteiger partial charge in [-0.05, 0) is 64.8 Å². The minimum Gasteiger partial charge on any atom is -0.374 e. The fourth-order valence-electron chi connectivity index (χ4n) is 1.30. The van der Waals surface area contributed by atoms with E-state index in [-0.39, 0.29) is 18.0 Å². The Morgan fingerprint density at radius 1 is 1.24 bits per heavy atom. The minimum absolute atomic E-state index is 0.0276. The third kappa shape index (κ3) is 5.08. The van der Waals surface area contributed by atoms with Gasteiger partial charge >= 0.3 is 0 Å². The van der Waals surface area contributed by atoms with E-state index in [9.17, 15) is 4.79 Å². The van der Waals surface area contributed by atoms with Gasteiger partial charge in [0, 0.05) is 14.5 Å². The molecule has 0 aliphatic carbocycles. The van der Waals surface area contributed by atoms with Gasteiger partial charge in [0.1, 0.15) is 0 Å². The Kier molecular flexibility index (Phi) is 5.01. The lowest BCUT2D eigenvalue weighted by Gasteiger charge is -2.21. The Hall–Kier alpha value is -0.550. The first-order valence-corrected chi connectivity index (χ1v) is 6.87. The number of anilines is 1. The molecule has 0 aromatic heterocycles. The molecule has 1 aromatic carbocycles. The van der Waals surface area contributed by atoms with Crippen LogP contribution in [0.3, 0.4) is 0 Å². The molecular formula is C12H16Br2N2O. The topological polar surface area (TPSA) is 41.1 Å². The third-order valence-electron chi connectivity index (χ3n) is 1.90. The second-order valence-electron chi connectivity index (χ2n) is 4.75. The molecular weight excluding hydrogens is 348 g/mol. The summed E-state index contributed by atoms with van der Waals surface area (Å²) in [4.78, 5) is 11.7. The van der Waals surface area contributed by atoms with Crippen LogP contribution in [0.5, 0.6) is 0 Å². The summed E-state index contributed by atoms with van der Waals surface area (Å²) < 4.78 is 1.85. The fraction of sp³-hybridized carbons (Fsp3) is 0.417. The van der Waals surface area contributed by atoms with Crippen LogP contribution in [0.15, 0.2) is 27.1 Å². The number of carbonyl (C=O) groups excluding carboxylic acids is 1. The van der Waals surface area contributed by atoms with Crippen LogP contribution in [0.25, 0.3) is 0 Å². The first kappa shape index (κ1) is 14.5. The Morgan fingerprint density at radius 2 is 1.76 bits per heavy atom. The van der Waals surface area contributed by atoms with Gasteiger partial charge in [0.15, 0.2) is 0 Å².